The summed E-state index contributed by atoms with van der Waals surface area (Å²) in [4.78, 5) is 27.8. The highest BCUT2D eigenvalue weighted by Gasteiger charge is 2.33. The fraction of sp³-hybridized carbons (Fsp3) is 0.238. The Balaban J connectivity index is 2.14. The van der Waals surface area contributed by atoms with Crippen molar-refractivity contribution in [2.75, 3.05) is 11.4 Å². The molecule has 0 radical (unpaired) electrons. The van der Waals surface area contributed by atoms with Crippen molar-refractivity contribution in [1.29, 1.82) is 0 Å². The summed E-state index contributed by atoms with van der Waals surface area (Å²) in [6.07, 6.45) is -5.71. The molecule has 0 fully saturated rings. The summed E-state index contributed by atoms with van der Waals surface area (Å²) < 4.78 is 40.0. The van der Waals surface area contributed by atoms with Crippen LogP contribution < -0.4 is 10.5 Å². The van der Waals surface area contributed by atoms with E-state index >= 15 is 0 Å². The predicted octanol–water partition coefficient (Wildman–Crippen LogP) is 5.35. The lowest BCUT2D eigenvalue weighted by molar-refractivity contribution is -0.137. The topological polar surface area (TPSA) is 73.4 Å². The second-order valence-electron chi connectivity index (χ2n) is 7.11. The zero-order chi connectivity index (χ0) is 21.3. The van der Waals surface area contributed by atoms with Crippen molar-refractivity contribution in [1.82, 2.24) is 4.98 Å². The van der Waals surface area contributed by atoms with Gasteiger partial charge in [-0.2, -0.15) is 13.2 Å². The van der Waals surface area contributed by atoms with Crippen molar-refractivity contribution < 1.29 is 23.1 Å². The van der Waals surface area contributed by atoms with Crippen LogP contribution in [-0.4, -0.2) is 22.7 Å². The number of carboxylic acid groups (broad SMARTS) is 1. The molecule has 1 aromatic heterocycles. The van der Waals surface area contributed by atoms with E-state index in [0.29, 0.717) is 11.1 Å². The number of hydrogen-bond acceptors (Lipinski definition) is 2. The first-order valence-corrected chi connectivity index (χ1v) is 8.92. The van der Waals surface area contributed by atoms with Crippen LogP contribution in [0.4, 0.5) is 23.7 Å². The molecule has 8 heteroatoms. The monoisotopic (exact) mass is 404 g/mol. The summed E-state index contributed by atoms with van der Waals surface area (Å²) in [6.45, 7) is 3.98. The van der Waals surface area contributed by atoms with E-state index in [1.165, 1.54) is 42.5 Å². The van der Waals surface area contributed by atoms with E-state index in [1.54, 1.807) is 0 Å². The average Bonchev–Trinajstić information content (AvgIpc) is 2.65. The molecule has 5 nitrogen and oxygen atoms in total. The van der Waals surface area contributed by atoms with Crippen molar-refractivity contribution >= 4 is 22.6 Å². The molecule has 2 aromatic carbocycles. The first kappa shape index (κ1) is 20.4. The molecule has 3 aromatic rings. The van der Waals surface area contributed by atoms with Crippen LogP contribution in [0, 0.1) is 5.92 Å². The van der Waals surface area contributed by atoms with Gasteiger partial charge in [0.25, 0.3) is 5.56 Å². The molecule has 0 atom stereocenters. The predicted molar refractivity (Wildman–Crippen MR) is 105 cm³/mol. The van der Waals surface area contributed by atoms with E-state index in [1.807, 2.05) is 13.8 Å². The van der Waals surface area contributed by atoms with Gasteiger partial charge in [0.2, 0.25) is 0 Å². The summed E-state index contributed by atoms with van der Waals surface area (Å²) in [5, 5.41) is 10.1. The van der Waals surface area contributed by atoms with Gasteiger partial charge >= 0.3 is 12.3 Å². The average molecular weight is 404 g/mol. The standard InChI is InChI=1S/C21H19F3N2O3/c1-12(2)11-26(20(28)29)14-8-7-13-9-18(25-19(27)16(13)10-14)15-5-3-4-6-17(15)21(22,23)24/h3-10,12H,11H2,1-2H3,(H,25,27)(H,28,29). The fourth-order valence-corrected chi connectivity index (χ4v) is 3.19. The van der Waals surface area contributed by atoms with Gasteiger partial charge in [0.05, 0.1) is 5.56 Å². The molecule has 2 N–H and O–H groups in total. The second-order valence-corrected chi connectivity index (χ2v) is 7.11. The minimum absolute atomic E-state index is 0.0421. The first-order chi connectivity index (χ1) is 13.6. The minimum Gasteiger partial charge on any atom is -0.465 e. The van der Waals surface area contributed by atoms with E-state index in [9.17, 15) is 27.9 Å². The van der Waals surface area contributed by atoms with Gasteiger partial charge in [-0.1, -0.05) is 38.1 Å². The molecule has 0 bridgehead atoms. The van der Waals surface area contributed by atoms with Gasteiger partial charge in [0.15, 0.2) is 0 Å². The highest BCUT2D eigenvalue weighted by molar-refractivity contribution is 5.93. The molecular weight excluding hydrogens is 385 g/mol. The summed E-state index contributed by atoms with van der Waals surface area (Å²) in [5.74, 6) is 0.0707. The van der Waals surface area contributed by atoms with Crippen LogP contribution in [0.5, 0.6) is 0 Å². The zero-order valence-electron chi connectivity index (χ0n) is 15.7. The molecular formula is C21H19F3N2O3. The number of rotatable bonds is 4. The molecule has 0 unspecified atom stereocenters. The largest absolute Gasteiger partial charge is 0.465 e. The first-order valence-electron chi connectivity index (χ1n) is 8.92. The molecule has 0 saturated carbocycles. The summed E-state index contributed by atoms with van der Waals surface area (Å²) in [5.41, 5.74) is -1.20. The van der Waals surface area contributed by atoms with Crippen LogP contribution in [0.15, 0.2) is 53.3 Å². The molecule has 152 valence electrons. The number of hydrogen-bond donors (Lipinski definition) is 2. The maximum Gasteiger partial charge on any atom is 0.417 e. The Bertz CT molecular complexity index is 1120. The Labute approximate surface area is 164 Å². The Morgan fingerprint density at radius 1 is 1.14 bits per heavy atom. The number of nitrogens with one attached hydrogen (secondary N) is 1. The molecule has 0 aliphatic heterocycles. The van der Waals surface area contributed by atoms with Crippen molar-refractivity contribution in [2.45, 2.75) is 20.0 Å². The van der Waals surface area contributed by atoms with Gasteiger partial charge in [0.1, 0.15) is 0 Å². The summed E-state index contributed by atoms with van der Waals surface area (Å²) in [7, 11) is 0. The van der Waals surface area contributed by atoms with Gasteiger partial charge < -0.3 is 10.1 Å². The van der Waals surface area contributed by atoms with Gasteiger partial charge in [0, 0.05) is 28.9 Å². The zero-order valence-corrected chi connectivity index (χ0v) is 15.7. The quantitative estimate of drug-likeness (QED) is 0.615. The van der Waals surface area contributed by atoms with E-state index in [2.05, 4.69) is 4.98 Å². The van der Waals surface area contributed by atoms with E-state index in [0.717, 1.165) is 11.0 Å². The number of fused-ring (bicyclic) bond motifs is 1. The van der Waals surface area contributed by atoms with Crippen molar-refractivity contribution in [3.63, 3.8) is 0 Å². The number of aromatic amines is 1. The Morgan fingerprint density at radius 2 is 1.83 bits per heavy atom. The number of aromatic nitrogens is 1. The lowest BCUT2D eigenvalue weighted by Crippen LogP contribution is -2.32. The highest BCUT2D eigenvalue weighted by Crippen LogP contribution is 2.36. The number of alkyl halides is 3. The summed E-state index contributed by atoms with van der Waals surface area (Å²) in [6, 6.07) is 11.0. The smallest absolute Gasteiger partial charge is 0.417 e. The lowest BCUT2D eigenvalue weighted by Gasteiger charge is -2.21. The normalized spacial score (nSPS) is 11.8. The van der Waals surface area contributed by atoms with Gasteiger partial charge in [-0.3, -0.25) is 9.69 Å². The maximum atomic E-state index is 13.3. The van der Waals surface area contributed by atoms with E-state index in [-0.39, 0.29) is 29.1 Å². The molecule has 0 aliphatic carbocycles. The van der Waals surface area contributed by atoms with E-state index in [4.69, 9.17) is 0 Å². The van der Waals surface area contributed by atoms with Crippen molar-refractivity contribution in [2.24, 2.45) is 5.92 Å². The third-order valence-electron chi connectivity index (χ3n) is 4.44. The molecule has 1 heterocycles. The molecule has 0 aliphatic rings. The van der Waals surface area contributed by atoms with Gasteiger partial charge in [-0.25, -0.2) is 4.79 Å². The number of amides is 1. The van der Waals surface area contributed by atoms with E-state index < -0.39 is 23.4 Å². The van der Waals surface area contributed by atoms with Crippen LogP contribution in [0.25, 0.3) is 22.0 Å². The molecule has 0 spiro atoms. The SMILES string of the molecule is CC(C)CN(C(=O)O)c1ccc2cc(-c3ccccc3C(F)(F)F)[nH]c(=O)c2c1. The second kappa shape index (κ2) is 7.62. The number of carbonyl (C=O) groups is 1. The number of nitrogens with zero attached hydrogens (tertiary/aromatic N) is 1. The number of benzene rings is 2. The van der Waals surface area contributed by atoms with Crippen LogP contribution in [0.1, 0.15) is 19.4 Å². The van der Waals surface area contributed by atoms with Crippen LogP contribution >= 0.6 is 0 Å². The number of pyridine rings is 1. The summed E-state index contributed by atoms with van der Waals surface area (Å²) >= 11 is 0. The third kappa shape index (κ3) is 4.26. The number of halogens is 3. The fourth-order valence-electron chi connectivity index (χ4n) is 3.19. The Kier molecular flexibility index (Phi) is 5.37. The Morgan fingerprint density at radius 3 is 2.45 bits per heavy atom. The van der Waals surface area contributed by atoms with Crippen molar-refractivity contribution in [3.05, 3.63) is 64.4 Å². The molecule has 1 amide bonds. The Hall–Kier alpha value is -3.29. The molecule has 0 saturated heterocycles. The highest BCUT2D eigenvalue weighted by atomic mass is 19.4. The van der Waals surface area contributed by atoms with Crippen LogP contribution in [0.3, 0.4) is 0 Å². The third-order valence-corrected chi connectivity index (χ3v) is 4.44. The van der Waals surface area contributed by atoms with Crippen LogP contribution in [-0.2, 0) is 6.18 Å². The molecule has 29 heavy (non-hydrogen) atoms. The maximum absolute atomic E-state index is 13.3. The van der Waals surface area contributed by atoms with Gasteiger partial charge in [-0.05, 0) is 35.6 Å². The van der Waals surface area contributed by atoms with Crippen LogP contribution in [0.2, 0.25) is 0 Å². The van der Waals surface area contributed by atoms with Gasteiger partial charge in [-0.15, -0.1) is 0 Å². The lowest BCUT2D eigenvalue weighted by atomic mass is 10.0. The molecule has 3 rings (SSSR count). The van der Waals surface area contributed by atoms with Crippen molar-refractivity contribution in [3.8, 4) is 11.3 Å². The number of anilines is 1. The number of H-pyrrole nitrogens is 1. The minimum atomic E-state index is -4.56.